The quantitative estimate of drug-likeness (QED) is 0.354. The minimum Gasteiger partial charge on any atom is -0.790 e. The third kappa shape index (κ3) is 5.54. The van der Waals surface area contributed by atoms with Gasteiger partial charge in [0.05, 0.1) is 0 Å². The van der Waals surface area contributed by atoms with E-state index in [0.717, 1.165) is 0 Å². The molecule has 0 aromatic heterocycles. The van der Waals surface area contributed by atoms with Gasteiger partial charge in [-0.2, -0.15) is 43.9 Å². The maximum atomic E-state index is 12.1. The molecule has 1 aromatic carbocycles. The van der Waals surface area contributed by atoms with E-state index >= 15 is 0 Å². The summed E-state index contributed by atoms with van der Waals surface area (Å²) in [7, 11) is -8.05. The van der Waals surface area contributed by atoms with E-state index in [2.05, 4.69) is 43.5 Å². The van der Waals surface area contributed by atoms with E-state index in [-0.39, 0.29) is 0 Å². The Morgan fingerprint density at radius 1 is 0.852 bits per heavy atom. The summed E-state index contributed by atoms with van der Waals surface area (Å²) >= 11 is 0. The molecular formula is C13H13F10O2PS. The lowest BCUT2D eigenvalue weighted by Crippen LogP contribution is -2.50. The zero-order valence-corrected chi connectivity index (χ0v) is 15.3. The number of benzene rings is 1. The minimum absolute atomic E-state index is 0.460. The van der Waals surface area contributed by atoms with Gasteiger partial charge >= 0.3 is 23.7 Å². The molecule has 0 heterocycles. The fourth-order valence-electron chi connectivity index (χ4n) is 1.33. The van der Waals surface area contributed by atoms with Crippen molar-refractivity contribution in [2.45, 2.75) is 35.5 Å². The monoisotopic (exact) mass is 454 g/mol. The van der Waals surface area contributed by atoms with Crippen molar-refractivity contribution >= 4 is 18.3 Å². The van der Waals surface area contributed by atoms with Crippen LogP contribution in [0.5, 0.6) is 0 Å². The number of alkyl halides is 10. The van der Waals surface area contributed by atoms with Crippen LogP contribution < -0.4 is 4.89 Å². The summed E-state index contributed by atoms with van der Waals surface area (Å²) < 4.78 is 127. The van der Waals surface area contributed by atoms with Crippen LogP contribution in [0.3, 0.4) is 0 Å². The van der Waals surface area contributed by atoms with Crippen molar-refractivity contribution in [3.05, 3.63) is 30.3 Å². The maximum Gasteiger partial charge on any atom is 0.459 e. The highest BCUT2D eigenvalue weighted by Gasteiger charge is 2.78. The van der Waals surface area contributed by atoms with Crippen molar-refractivity contribution in [3.63, 3.8) is 0 Å². The van der Waals surface area contributed by atoms with Gasteiger partial charge in [0.25, 0.3) is 0 Å². The second kappa shape index (κ2) is 8.60. The molecular weight excluding hydrogens is 441 g/mol. The van der Waals surface area contributed by atoms with E-state index < -0.39 is 31.0 Å². The smallest absolute Gasteiger partial charge is 0.459 e. The largest absolute Gasteiger partial charge is 0.790 e. The summed E-state index contributed by atoms with van der Waals surface area (Å²) in [6, 6.07) is 10.7. The van der Waals surface area contributed by atoms with Gasteiger partial charge in [-0.1, -0.05) is 18.2 Å². The molecule has 0 aliphatic heterocycles. The Morgan fingerprint density at radius 3 is 1.44 bits per heavy atom. The zero-order chi connectivity index (χ0) is 21.9. The Labute approximate surface area is 150 Å². The van der Waals surface area contributed by atoms with Gasteiger partial charge in [-0.25, -0.2) is 0 Å². The fraction of sp³-hybridized carbons (Fsp3) is 0.538. The number of halogens is 10. The predicted molar refractivity (Wildman–Crippen MR) is 78.1 cm³/mol. The van der Waals surface area contributed by atoms with Crippen LogP contribution in [0, 0.1) is 0 Å². The standard InChI is InChI=1S/C9H13S.C4HF10O2P/c1-3-10(2)9-7-5-4-6-8-9;5-1(6,7)3(11,12)17(15,16)4(13,14)2(8,9)10/h4-8H,3H2,1-2H3;(H,15,16)/q+1;/p-1. The van der Waals surface area contributed by atoms with Gasteiger partial charge in [0.2, 0.25) is 0 Å². The highest BCUT2D eigenvalue weighted by atomic mass is 32.2. The highest BCUT2D eigenvalue weighted by molar-refractivity contribution is 7.96. The van der Waals surface area contributed by atoms with Gasteiger partial charge in [-0.05, 0) is 19.1 Å². The van der Waals surface area contributed by atoms with Crippen LogP contribution in [0.2, 0.25) is 0 Å². The normalized spacial score (nSPS) is 15.0. The molecule has 0 spiro atoms. The fourth-order valence-corrected chi connectivity index (χ4v) is 3.30. The van der Waals surface area contributed by atoms with Crippen molar-refractivity contribution in [3.8, 4) is 0 Å². The second-order valence-corrected chi connectivity index (χ2v) is 9.42. The summed E-state index contributed by atoms with van der Waals surface area (Å²) in [6.45, 7) is 2.23. The molecule has 14 heteroatoms. The van der Waals surface area contributed by atoms with E-state index in [1.165, 1.54) is 10.6 Å². The number of hydrogen-bond donors (Lipinski definition) is 0. The predicted octanol–water partition coefficient (Wildman–Crippen LogP) is 5.25. The van der Waals surface area contributed by atoms with E-state index in [1.807, 2.05) is 0 Å². The van der Waals surface area contributed by atoms with E-state index in [0.29, 0.717) is 10.9 Å². The molecule has 1 atom stereocenters. The van der Waals surface area contributed by atoms with Crippen molar-refractivity contribution in [2.24, 2.45) is 0 Å². The van der Waals surface area contributed by atoms with Crippen LogP contribution >= 0.6 is 7.37 Å². The first kappa shape index (κ1) is 26.1. The van der Waals surface area contributed by atoms with Crippen LogP contribution in [0.4, 0.5) is 43.9 Å². The average molecular weight is 454 g/mol. The average Bonchev–Trinajstić information content (AvgIpc) is 2.53. The van der Waals surface area contributed by atoms with E-state index in [9.17, 15) is 53.4 Å². The Kier molecular flexibility index (Phi) is 8.31. The second-order valence-electron chi connectivity index (χ2n) is 4.87. The molecule has 0 N–H and O–H groups in total. The number of rotatable bonds is 4. The summed E-state index contributed by atoms with van der Waals surface area (Å²) in [5.41, 5.74) is -14.4. The van der Waals surface area contributed by atoms with E-state index in [4.69, 9.17) is 0 Å². The molecule has 27 heavy (non-hydrogen) atoms. The van der Waals surface area contributed by atoms with Crippen LogP contribution in [-0.4, -0.2) is 35.7 Å². The molecule has 1 unspecified atom stereocenters. The Balaban J connectivity index is 0.000000569. The van der Waals surface area contributed by atoms with Crippen molar-refractivity contribution < 1.29 is 53.4 Å². The van der Waals surface area contributed by atoms with Crippen molar-refractivity contribution in [1.82, 2.24) is 0 Å². The van der Waals surface area contributed by atoms with Gasteiger partial charge in [0.15, 0.2) is 12.3 Å². The van der Waals surface area contributed by atoms with Crippen molar-refractivity contribution in [2.75, 3.05) is 12.0 Å². The Hall–Kier alpha value is -0.940. The SMILES string of the molecule is CC[S+](C)c1ccccc1.O=P([O-])(C(F)(F)C(F)(F)F)C(F)(F)C(F)(F)F. The van der Waals surface area contributed by atoms with Gasteiger partial charge in [-0.15, -0.1) is 0 Å². The maximum absolute atomic E-state index is 12.1. The van der Waals surface area contributed by atoms with Gasteiger partial charge < -0.3 is 9.46 Å². The Bertz CT molecular complexity index is 615. The lowest BCUT2D eigenvalue weighted by atomic mass is 10.4. The first-order valence-electron chi connectivity index (χ1n) is 6.72. The first-order chi connectivity index (χ1) is 11.8. The molecule has 1 rings (SSSR count). The highest BCUT2D eigenvalue weighted by Crippen LogP contribution is 2.72. The molecule has 2 nitrogen and oxygen atoms in total. The third-order valence-corrected chi connectivity index (χ3v) is 6.93. The summed E-state index contributed by atoms with van der Waals surface area (Å²) in [4.78, 5) is 11.5. The molecule has 158 valence electrons. The number of hydrogen-bond acceptors (Lipinski definition) is 2. The molecule has 0 amide bonds. The molecule has 0 radical (unpaired) electrons. The van der Waals surface area contributed by atoms with Crippen molar-refractivity contribution in [1.29, 1.82) is 0 Å². The molecule has 0 saturated heterocycles. The molecule has 0 bridgehead atoms. The topological polar surface area (TPSA) is 40.1 Å². The van der Waals surface area contributed by atoms with Crippen LogP contribution in [0.15, 0.2) is 35.2 Å². The molecule has 0 aliphatic rings. The molecule has 1 aromatic rings. The lowest BCUT2D eigenvalue weighted by molar-refractivity contribution is -0.312. The summed E-state index contributed by atoms with van der Waals surface area (Å²) in [5, 5.41) is 0. The summed E-state index contributed by atoms with van der Waals surface area (Å²) in [5.74, 6) is 1.25. The third-order valence-electron chi connectivity index (χ3n) is 3.00. The van der Waals surface area contributed by atoms with Gasteiger partial charge in [-0.3, -0.25) is 0 Å². The Morgan fingerprint density at radius 2 is 1.19 bits per heavy atom. The van der Waals surface area contributed by atoms with Crippen LogP contribution in [0.25, 0.3) is 0 Å². The molecule has 0 aliphatic carbocycles. The van der Waals surface area contributed by atoms with Crippen LogP contribution in [0.1, 0.15) is 6.92 Å². The first-order valence-corrected chi connectivity index (χ1v) is 10.1. The van der Waals surface area contributed by atoms with E-state index in [1.54, 1.807) is 0 Å². The summed E-state index contributed by atoms with van der Waals surface area (Å²) in [6.07, 6.45) is -11.9. The van der Waals surface area contributed by atoms with Gasteiger partial charge in [0.1, 0.15) is 12.0 Å². The molecule has 0 saturated carbocycles. The van der Waals surface area contributed by atoms with Crippen LogP contribution in [-0.2, 0) is 15.5 Å². The van der Waals surface area contributed by atoms with Gasteiger partial charge in [0, 0.05) is 10.9 Å². The molecule has 0 fully saturated rings. The zero-order valence-electron chi connectivity index (χ0n) is 13.5. The minimum atomic E-state index is -8.51. The lowest BCUT2D eigenvalue weighted by Gasteiger charge is -2.38.